The highest BCUT2D eigenvalue weighted by Gasteiger charge is 2.29. The lowest BCUT2D eigenvalue weighted by Gasteiger charge is -2.31. The van der Waals surface area contributed by atoms with Crippen molar-refractivity contribution in [3.05, 3.63) is 53.6 Å². The second-order valence-corrected chi connectivity index (χ2v) is 10.6. The van der Waals surface area contributed by atoms with E-state index in [1.165, 1.54) is 4.31 Å². The molecule has 3 rings (SSSR count). The van der Waals surface area contributed by atoms with Crippen LogP contribution in [0.25, 0.3) is 0 Å². The first-order valence-electron chi connectivity index (χ1n) is 12.1. The molecule has 0 aromatic heterocycles. The van der Waals surface area contributed by atoms with Gasteiger partial charge in [0.2, 0.25) is 28.6 Å². The van der Waals surface area contributed by atoms with E-state index in [-0.39, 0.29) is 38.0 Å². The van der Waals surface area contributed by atoms with Crippen LogP contribution in [-0.4, -0.2) is 57.3 Å². The number of rotatable bonds is 12. The summed E-state index contributed by atoms with van der Waals surface area (Å²) in [6, 6.07) is 12.1. The molecule has 0 saturated heterocycles. The largest absolute Gasteiger partial charge is 0.454 e. The fourth-order valence-electron chi connectivity index (χ4n) is 4.23. The quantitative estimate of drug-likeness (QED) is 0.464. The molecule has 0 bridgehead atoms. The predicted molar refractivity (Wildman–Crippen MR) is 138 cm³/mol. The molecule has 2 aromatic carbocycles. The van der Waals surface area contributed by atoms with Gasteiger partial charge >= 0.3 is 0 Å². The minimum Gasteiger partial charge on any atom is -0.454 e. The zero-order chi connectivity index (χ0) is 26.3. The number of amides is 2. The maximum Gasteiger partial charge on any atom is 0.242 e. The first-order valence-corrected chi connectivity index (χ1v) is 14.0. The summed E-state index contributed by atoms with van der Waals surface area (Å²) in [6.45, 7) is 6.67. The number of nitrogens with zero attached hydrogens (tertiary/aromatic N) is 2. The topological polar surface area (TPSA) is 105 Å². The first-order chi connectivity index (χ1) is 17.2. The Balaban J connectivity index is 1.76. The van der Waals surface area contributed by atoms with Gasteiger partial charge in [-0.25, -0.2) is 8.42 Å². The molecule has 0 aliphatic carbocycles. The summed E-state index contributed by atoms with van der Waals surface area (Å²) in [7, 11) is -3.60. The molecule has 0 saturated carbocycles. The predicted octanol–water partition coefficient (Wildman–Crippen LogP) is 3.21. The van der Waals surface area contributed by atoms with E-state index < -0.39 is 16.1 Å². The molecule has 0 unspecified atom stereocenters. The number of nitrogens with one attached hydrogen (secondary N) is 1. The summed E-state index contributed by atoms with van der Waals surface area (Å²) in [5.74, 6) is 0.648. The molecule has 2 amide bonds. The van der Waals surface area contributed by atoms with Crippen LogP contribution in [-0.2, 0) is 26.2 Å². The monoisotopic (exact) mass is 517 g/mol. The molecule has 10 heteroatoms. The minimum atomic E-state index is -3.60. The molecule has 1 atom stereocenters. The Morgan fingerprint density at radius 1 is 1.08 bits per heavy atom. The van der Waals surface area contributed by atoms with E-state index in [9.17, 15) is 18.0 Å². The van der Waals surface area contributed by atoms with Gasteiger partial charge in [0.15, 0.2) is 11.5 Å². The first kappa shape index (κ1) is 27.3. The highest BCUT2D eigenvalue weighted by molar-refractivity contribution is 7.92. The van der Waals surface area contributed by atoms with Gasteiger partial charge in [-0.05, 0) is 49.9 Å². The summed E-state index contributed by atoms with van der Waals surface area (Å²) in [6.07, 6.45) is 1.98. The van der Waals surface area contributed by atoms with Gasteiger partial charge < -0.3 is 19.7 Å². The second-order valence-electron chi connectivity index (χ2n) is 8.74. The van der Waals surface area contributed by atoms with Gasteiger partial charge in [-0.15, -0.1) is 0 Å². The van der Waals surface area contributed by atoms with Gasteiger partial charge in [0.25, 0.3) is 0 Å². The Hall–Kier alpha value is -3.27. The summed E-state index contributed by atoms with van der Waals surface area (Å²) in [5, 5.41) is 2.83. The van der Waals surface area contributed by atoms with E-state index >= 15 is 0 Å². The number of benzene rings is 2. The lowest BCUT2D eigenvalue weighted by molar-refractivity contribution is -0.141. The Bertz CT molecular complexity index is 1180. The van der Waals surface area contributed by atoms with Crippen molar-refractivity contribution < 1.29 is 27.5 Å². The lowest BCUT2D eigenvalue weighted by Crippen LogP contribution is -2.49. The average molecular weight is 518 g/mol. The van der Waals surface area contributed by atoms with Gasteiger partial charge in [-0.3, -0.25) is 13.9 Å². The molecule has 0 radical (unpaired) electrons. The van der Waals surface area contributed by atoms with Crippen molar-refractivity contribution in [3.63, 3.8) is 0 Å². The van der Waals surface area contributed by atoms with Crippen molar-refractivity contribution in [1.82, 2.24) is 10.2 Å². The SMILES string of the molecule is CCNC(=O)[C@H](CC)N(Cc1ccccc1C)C(=O)CCCN(c1ccc2c(c1)OCO2)S(C)(=O)=O. The van der Waals surface area contributed by atoms with E-state index in [0.29, 0.717) is 36.7 Å². The average Bonchev–Trinajstić information content (AvgIpc) is 3.30. The van der Waals surface area contributed by atoms with Crippen molar-refractivity contribution in [2.24, 2.45) is 0 Å². The molecule has 36 heavy (non-hydrogen) atoms. The number of hydrogen-bond acceptors (Lipinski definition) is 6. The zero-order valence-electron chi connectivity index (χ0n) is 21.3. The third-order valence-corrected chi connectivity index (χ3v) is 7.33. The maximum atomic E-state index is 13.4. The summed E-state index contributed by atoms with van der Waals surface area (Å²) in [5.41, 5.74) is 2.44. The molecule has 2 aromatic rings. The van der Waals surface area contributed by atoms with Crippen LogP contribution in [0.5, 0.6) is 11.5 Å². The Morgan fingerprint density at radius 3 is 2.47 bits per heavy atom. The van der Waals surface area contributed by atoms with E-state index in [2.05, 4.69) is 5.32 Å². The van der Waals surface area contributed by atoms with Crippen LogP contribution in [0.4, 0.5) is 5.69 Å². The normalized spacial score (nSPS) is 13.2. The third-order valence-electron chi connectivity index (χ3n) is 6.14. The van der Waals surface area contributed by atoms with Crippen LogP contribution in [0, 0.1) is 6.92 Å². The highest BCUT2D eigenvalue weighted by atomic mass is 32.2. The van der Waals surface area contributed by atoms with E-state index in [1.54, 1.807) is 23.1 Å². The van der Waals surface area contributed by atoms with Crippen LogP contribution in [0.1, 0.15) is 44.2 Å². The molecule has 1 heterocycles. The smallest absolute Gasteiger partial charge is 0.242 e. The van der Waals surface area contributed by atoms with Gasteiger partial charge in [-0.2, -0.15) is 0 Å². The summed E-state index contributed by atoms with van der Waals surface area (Å²) in [4.78, 5) is 27.8. The molecule has 1 aliphatic rings. The van der Waals surface area contributed by atoms with Gasteiger partial charge in [0, 0.05) is 32.1 Å². The number of ether oxygens (including phenoxy) is 2. The van der Waals surface area contributed by atoms with Crippen LogP contribution < -0.4 is 19.1 Å². The molecule has 0 fully saturated rings. The fourth-order valence-corrected chi connectivity index (χ4v) is 5.18. The molecule has 1 N–H and O–H groups in total. The van der Waals surface area contributed by atoms with Crippen molar-refractivity contribution >= 4 is 27.5 Å². The second kappa shape index (κ2) is 12.1. The minimum absolute atomic E-state index is 0.0904. The standard InChI is InChI=1S/C26H35N3O6S/c1-5-22(26(31)27-6-2)28(17-20-11-8-7-10-19(20)3)25(30)12-9-15-29(36(4,32)33)21-13-14-23-24(16-21)35-18-34-23/h7-8,10-11,13-14,16,22H,5-6,9,12,15,17-18H2,1-4H3,(H,27,31)/t22-/m0/s1. The lowest BCUT2D eigenvalue weighted by atomic mass is 10.1. The van der Waals surface area contributed by atoms with Crippen LogP contribution in [0.2, 0.25) is 0 Å². The fraction of sp³-hybridized carbons (Fsp3) is 0.462. The Morgan fingerprint density at radius 2 is 1.81 bits per heavy atom. The summed E-state index contributed by atoms with van der Waals surface area (Å²) >= 11 is 0. The van der Waals surface area contributed by atoms with Crippen molar-refractivity contribution in [2.75, 3.05) is 30.4 Å². The van der Waals surface area contributed by atoms with Crippen molar-refractivity contribution in [2.45, 2.75) is 52.6 Å². The third kappa shape index (κ3) is 6.69. The van der Waals surface area contributed by atoms with Gasteiger partial charge in [0.1, 0.15) is 6.04 Å². The van der Waals surface area contributed by atoms with Crippen LogP contribution in [0.3, 0.4) is 0 Å². The number of aryl methyl sites for hydroxylation is 1. The molecular weight excluding hydrogens is 482 g/mol. The number of sulfonamides is 1. The molecule has 9 nitrogen and oxygen atoms in total. The molecule has 0 spiro atoms. The number of fused-ring (bicyclic) bond motifs is 1. The molecular formula is C26H35N3O6S. The number of anilines is 1. The number of carbonyl (C=O) groups is 2. The Kier molecular flexibility index (Phi) is 9.19. The van der Waals surface area contributed by atoms with Crippen LogP contribution >= 0.6 is 0 Å². The van der Waals surface area contributed by atoms with Gasteiger partial charge in [0.05, 0.1) is 11.9 Å². The van der Waals surface area contributed by atoms with Crippen molar-refractivity contribution in [3.8, 4) is 11.5 Å². The number of likely N-dealkylation sites (N-methyl/N-ethyl adjacent to an activating group) is 1. The van der Waals surface area contributed by atoms with Crippen LogP contribution in [0.15, 0.2) is 42.5 Å². The van der Waals surface area contributed by atoms with E-state index in [0.717, 1.165) is 17.4 Å². The number of carbonyl (C=O) groups excluding carboxylic acids is 2. The summed E-state index contributed by atoms with van der Waals surface area (Å²) < 4.78 is 37.0. The maximum absolute atomic E-state index is 13.4. The van der Waals surface area contributed by atoms with Crippen molar-refractivity contribution in [1.29, 1.82) is 0 Å². The van der Waals surface area contributed by atoms with E-state index in [1.807, 2.05) is 45.0 Å². The Labute approximate surface area is 213 Å². The van der Waals surface area contributed by atoms with E-state index in [4.69, 9.17) is 9.47 Å². The number of hydrogen-bond donors (Lipinski definition) is 1. The molecule has 196 valence electrons. The van der Waals surface area contributed by atoms with Gasteiger partial charge in [-0.1, -0.05) is 31.2 Å². The zero-order valence-corrected chi connectivity index (χ0v) is 22.1. The highest BCUT2D eigenvalue weighted by Crippen LogP contribution is 2.36. The molecule has 1 aliphatic heterocycles.